The summed E-state index contributed by atoms with van der Waals surface area (Å²) < 4.78 is 6.00. The predicted molar refractivity (Wildman–Crippen MR) is 122 cm³/mol. The Labute approximate surface area is 182 Å². The molecule has 1 fully saturated rings. The highest BCUT2D eigenvalue weighted by Gasteiger charge is 2.25. The van der Waals surface area contributed by atoms with Crippen LogP contribution in [0.3, 0.4) is 0 Å². The van der Waals surface area contributed by atoms with Gasteiger partial charge in [-0.15, -0.1) is 0 Å². The number of carbonyl (C=O) groups excluding carboxylic acids is 2. The van der Waals surface area contributed by atoms with Crippen LogP contribution in [0, 0.1) is 26.7 Å². The van der Waals surface area contributed by atoms with Crippen LogP contribution in [0.25, 0.3) is 11.0 Å². The maximum absolute atomic E-state index is 13.1. The second-order valence-electron chi connectivity index (χ2n) is 8.55. The van der Waals surface area contributed by atoms with E-state index in [1.54, 1.807) is 0 Å². The number of primary amides is 1. The van der Waals surface area contributed by atoms with Crippen LogP contribution < -0.4 is 11.1 Å². The normalized spacial score (nSPS) is 17.1. The first-order valence-corrected chi connectivity index (χ1v) is 10.8. The summed E-state index contributed by atoms with van der Waals surface area (Å²) in [4.78, 5) is 27.0. The Bertz CT molecular complexity index is 1150. The van der Waals surface area contributed by atoms with Crippen molar-refractivity contribution < 1.29 is 14.0 Å². The molecule has 0 aliphatic carbocycles. The summed E-state index contributed by atoms with van der Waals surface area (Å²) in [6.45, 7) is 8.15. The third-order valence-corrected chi connectivity index (χ3v) is 6.26. The number of hydrogen-bond donors (Lipinski definition) is 2. The van der Waals surface area contributed by atoms with Gasteiger partial charge in [0, 0.05) is 29.7 Å². The van der Waals surface area contributed by atoms with Gasteiger partial charge in [0.2, 0.25) is 5.91 Å². The molecular formula is C25H29N3O3. The van der Waals surface area contributed by atoms with E-state index < -0.39 is 0 Å². The maximum Gasteiger partial charge on any atom is 0.291 e. The van der Waals surface area contributed by atoms with Gasteiger partial charge in [-0.05, 0) is 62.9 Å². The minimum atomic E-state index is -0.256. The number of furan rings is 1. The summed E-state index contributed by atoms with van der Waals surface area (Å²) in [5, 5.41) is 4.04. The molecule has 3 aromatic rings. The van der Waals surface area contributed by atoms with E-state index in [4.69, 9.17) is 10.2 Å². The van der Waals surface area contributed by atoms with Crippen molar-refractivity contribution >= 4 is 28.5 Å². The number of fused-ring (bicyclic) bond motifs is 1. The number of anilines is 1. The fourth-order valence-corrected chi connectivity index (χ4v) is 4.52. The molecule has 31 heavy (non-hydrogen) atoms. The van der Waals surface area contributed by atoms with Gasteiger partial charge in [-0.25, -0.2) is 0 Å². The molecule has 0 radical (unpaired) electrons. The predicted octanol–water partition coefficient (Wildman–Crippen LogP) is 4.31. The van der Waals surface area contributed by atoms with Crippen molar-refractivity contribution in [2.24, 2.45) is 11.7 Å². The number of amides is 2. The summed E-state index contributed by atoms with van der Waals surface area (Å²) >= 11 is 0. The number of hydrogen-bond acceptors (Lipinski definition) is 4. The van der Waals surface area contributed by atoms with E-state index in [2.05, 4.69) is 16.3 Å². The van der Waals surface area contributed by atoms with E-state index in [0.717, 1.165) is 58.3 Å². The van der Waals surface area contributed by atoms with Gasteiger partial charge >= 0.3 is 0 Å². The quantitative estimate of drug-likeness (QED) is 0.645. The molecule has 2 amide bonds. The van der Waals surface area contributed by atoms with E-state index in [0.29, 0.717) is 18.8 Å². The molecule has 1 saturated heterocycles. The lowest BCUT2D eigenvalue weighted by Gasteiger charge is -2.31. The van der Waals surface area contributed by atoms with Gasteiger partial charge < -0.3 is 15.5 Å². The molecule has 162 valence electrons. The number of rotatable bonds is 5. The molecule has 4 rings (SSSR count). The van der Waals surface area contributed by atoms with Gasteiger partial charge in [-0.2, -0.15) is 0 Å². The number of carbonyl (C=O) groups is 2. The number of benzene rings is 2. The second-order valence-corrected chi connectivity index (χ2v) is 8.55. The van der Waals surface area contributed by atoms with E-state index in [1.165, 1.54) is 0 Å². The third-order valence-electron chi connectivity index (χ3n) is 6.26. The Morgan fingerprint density at radius 1 is 1.13 bits per heavy atom. The molecule has 0 bridgehead atoms. The average molecular weight is 420 g/mol. The van der Waals surface area contributed by atoms with Crippen molar-refractivity contribution in [3.05, 3.63) is 64.4 Å². The largest absolute Gasteiger partial charge is 0.450 e. The molecule has 1 aliphatic heterocycles. The number of nitrogens with zero attached hydrogens (tertiary/aromatic N) is 1. The molecule has 1 unspecified atom stereocenters. The smallest absolute Gasteiger partial charge is 0.291 e. The summed E-state index contributed by atoms with van der Waals surface area (Å²) in [6.07, 6.45) is 1.79. The lowest BCUT2D eigenvalue weighted by molar-refractivity contribution is -0.123. The van der Waals surface area contributed by atoms with Crippen molar-refractivity contribution in [2.45, 2.75) is 40.2 Å². The van der Waals surface area contributed by atoms with E-state index in [1.807, 2.05) is 51.1 Å². The van der Waals surface area contributed by atoms with Crippen LogP contribution in [0.4, 0.5) is 5.69 Å². The Hall–Kier alpha value is -3.12. The molecule has 2 heterocycles. The molecule has 0 spiro atoms. The van der Waals surface area contributed by atoms with Crippen molar-refractivity contribution in [1.29, 1.82) is 0 Å². The minimum absolute atomic E-state index is 0.111. The van der Waals surface area contributed by atoms with Gasteiger partial charge in [0.15, 0.2) is 5.76 Å². The van der Waals surface area contributed by atoms with Crippen molar-refractivity contribution in [2.75, 3.05) is 18.4 Å². The van der Waals surface area contributed by atoms with Gasteiger partial charge in [-0.1, -0.05) is 30.3 Å². The lowest BCUT2D eigenvalue weighted by atomic mass is 9.97. The van der Waals surface area contributed by atoms with Crippen LogP contribution >= 0.6 is 0 Å². The van der Waals surface area contributed by atoms with Crippen molar-refractivity contribution in [3.63, 3.8) is 0 Å². The highest BCUT2D eigenvalue weighted by atomic mass is 16.3. The van der Waals surface area contributed by atoms with Crippen LogP contribution in [0.1, 0.15) is 45.7 Å². The van der Waals surface area contributed by atoms with Gasteiger partial charge in [0.25, 0.3) is 5.91 Å². The summed E-state index contributed by atoms with van der Waals surface area (Å²) in [5.41, 5.74) is 11.0. The second kappa shape index (κ2) is 8.55. The highest BCUT2D eigenvalue weighted by molar-refractivity contribution is 6.07. The summed E-state index contributed by atoms with van der Waals surface area (Å²) in [6, 6.07) is 11.8. The Morgan fingerprint density at radius 2 is 1.87 bits per heavy atom. The van der Waals surface area contributed by atoms with Gasteiger partial charge in [0.1, 0.15) is 5.58 Å². The zero-order valence-corrected chi connectivity index (χ0v) is 18.3. The topological polar surface area (TPSA) is 88.6 Å². The average Bonchev–Trinajstić information content (AvgIpc) is 3.11. The number of para-hydroxylation sites is 1. The molecular weight excluding hydrogens is 390 g/mol. The standard InChI is InChI=1S/C25H29N3O3/c1-15-10-11-16(2)22-21(15)17(3)23(31-22)25(30)27-20-9-5-4-7-18(20)13-28-12-6-8-19(14-28)24(26)29/h4-5,7,9-11,19H,6,8,12-14H2,1-3H3,(H2,26,29)(H,27,30). The molecule has 2 aromatic carbocycles. The number of aryl methyl sites for hydroxylation is 3. The van der Waals surface area contributed by atoms with Crippen LogP contribution in [0.2, 0.25) is 0 Å². The molecule has 1 atom stereocenters. The Morgan fingerprint density at radius 3 is 2.61 bits per heavy atom. The zero-order valence-electron chi connectivity index (χ0n) is 18.3. The number of piperidine rings is 1. The first kappa shape index (κ1) is 21.1. The van der Waals surface area contributed by atoms with E-state index in [9.17, 15) is 9.59 Å². The molecule has 3 N–H and O–H groups in total. The minimum Gasteiger partial charge on any atom is -0.450 e. The number of likely N-dealkylation sites (tertiary alicyclic amines) is 1. The first-order valence-electron chi connectivity index (χ1n) is 10.8. The van der Waals surface area contributed by atoms with Crippen LogP contribution in [0.5, 0.6) is 0 Å². The van der Waals surface area contributed by atoms with Gasteiger partial charge in [0.05, 0.1) is 5.92 Å². The molecule has 1 aromatic heterocycles. The monoisotopic (exact) mass is 419 g/mol. The highest BCUT2D eigenvalue weighted by Crippen LogP contribution is 2.31. The van der Waals surface area contributed by atoms with E-state index in [-0.39, 0.29) is 17.7 Å². The fraction of sp³-hybridized carbons (Fsp3) is 0.360. The van der Waals surface area contributed by atoms with Crippen LogP contribution in [-0.2, 0) is 11.3 Å². The SMILES string of the molecule is Cc1ccc(C)c2c(C)c(C(=O)Nc3ccccc3CN3CCCC(C(N)=O)C3)oc12. The maximum atomic E-state index is 13.1. The number of nitrogens with two attached hydrogens (primary N) is 1. The molecule has 1 aliphatic rings. The fourth-order valence-electron chi connectivity index (χ4n) is 4.52. The van der Waals surface area contributed by atoms with Gasteiger partial charge in [-0.3, -0.25) is 14.5 Å². The summed E-state index contributed by atoms with van der Waals surface area (Å²) in [7, 11) is 0. The van der Waals surface area contributed by atoms with Crippen LogP contribution in [0.15, 0.2) is 40.8 Å². The Balaban J connectivity index is 1.57. The van der Waals surface area contributed by atoms with E-state index >= 15 is 0 Å². The van der Waals surface area contributed by atoms with Crippen molar-refractivity contribution in [3.8, 4) is 0 Å². The van der Waals surface area contributed by atoms with Crippen LogP contribution in [-0.4, -0.2) is 29.8 Å². The molecule has 0 saturated carbocycles. The third kappa shape index (κ3) is 4.21. The number of nitrogens with one attached hydrogen (secondary N) is 1. The lowest BCUT2D eigenvalue weighted by Crippen LogP contribution is -2.40. The molecule has 6 heteroatoms. The zero-order chi connectivity index (χ0) is 22.1. The summed E-state index contributed by atoms with van der Waals surface area (Å²) in [5.74, 6) is -0.264. The van der Waals surface area contributed by atoms with Crippen molar-refractivity contribution in [1.82, 2.24) is 4.90 Å². The Kier molecular flexibility index (Phi) is 5.83. The first-order chi connectivity index (χ1) is 14.8. The molecule has 6 nitrogen and oxygen atoms in total.